The Bertz CT molecular complexity index is 864. The number of aromatic nitrogens is 2. The summed E-state index contributed by atoms with van der Waals surface area (Å²) in [6.07, 6.45) is 5.11. The predicted molar refractivity (Wildman–Crippen MR) is 108 cm³/mol. The molecule has 2 aromatic rings. The lowest BCUT2D eigenvalue weighted by molar-refractivity contribution is -0.137. The maximum absolute atomic E-state index is 13.0. The number of carbonyl (C=O) groups is 2. The minimum absolute atomic E-state index is 0.0250. The van der Waals surface area contributed by atoms with Crippen molar-refractivity contribution in [1.29, 1.82) is 0 Å². The molecule has 2 aliphatic rings. The van der Waals surface area contributed by atoms with Crippen molar-refractivity contribution >= 4 is 23.2 Å². The SMILES string of the molecule is Cc1ccc(CC(=O)N2CCCC3CN(C(=O)c4csc(C)n4)CCC32)cn1. The molecule has 0 saturated carbocycles. The van der Waals surface area contributed by atoms with E-state index in [4.69, 9.17) is 0 Å². The molecule has 0 aromatic carbocycles. The fourth-order valence-corrected chi connectivity index (χ4v) is 4.99. The second-order valence-corrected chi connectivity index (χ2v) is 8.90. The van der Waals surface area contributed by atoms with E-state index in [9.17, 15) is 9.59 Å². The maximum Gasteiger partial charge on any atom is 0.273 e. The smallest absolute Gasteiger partial charge is 0.273 e. The van der Waals surface area contributed by atoms with E-state index < -0.39 is 0 Å². The van der Waals surface area contributed by atoms with Gasteiger partial charge in [-0.25, -0.2) is 4.98 Å². The first-order valence-electron chi connectivity index (χ1n) is 9.93. The average Bonchev–Trinajstić information content (AvgIpc) is 3.14. The second kappa shape index (κ2) is 7.99. The van der Waals surface area contributed by atoms with Crippen molar-refractivity contribution < 1.29 is 9.59 Å². The van der Waals surface area contributed by atoms with E-state index >= 15 is 0 Å². The lowest BCUT2D eigenvalue weighted by Gasteiger charge is -2.47. The Morgan fingerprint density at radius 2 is 2.07 bits per heavy atom. The molecule has 28 heavy (non-hydrogen) atoms. The molecule has 0 bridgehead atoms. The molecule has 2 fully saturated rings. The Morgan fingerprint density at radius 3 is 2.79 bits per heavy atom. The summed E-state index contributed by atoms with van der Waals surface area (Å²) in [5.74, 6) is 0.554. The standard InChI is InChI=1S/C21H26N4O2S/c1-14-5-6-16(11-22-14)10-20(26)25-8-3-4-17-12-24(9-7-19(17)25)21(27)18-13-28-15(2)23-18/h5-6,11,13,17,19H,3-4,7-10,12H2,1-2H3. The number of hydrogen-bond acceptors (Lipinski definition) is 5. The number of pyridine rings is 1. The van der Waals surface area contributed by atoms with Crippen molar-refractivity contribution in [3.63, 3.8) is 0 Å². The average molecular weight is 399 g/mol. The second-order valence-electron chi connectivity index (χ2n) is 7.83. The normalized spacial score (nSPS) is 22.1. The molecule has 0 spiro atoms. The van der Waals surface area contributed by atoms with Crippen LogP contribution in [0.2, 0.25) is 0 Å². The summed E-state index contributed by atoms with van der Waals surface area (Å²) in [7, 11) is 0. The minimum atomic E-state index is 0.0250. The van der Waals surface area contributed by atoms with Crippen LogP contribution in [-0.4, -0.2) is 57.3 Å². The number of fused-ring (bicyclic) bond motifs is 1. The van der Waals surface area contributed by atoms with Gasteiger partial charge >= 0.3 is 0 Å². The fourth-order valence-electron chi connectivity index (χ4n) is 4.40. The van der Waals surface area contributed by atoms with E-state index in [2.05, 4.69) is 14.9 Å². The predicted octanol–water partition coefficient (Wildman–Crippen LogP) is 2.85. The number of nitrogens with zero attached hydrogens (tertiary/aromatic N) is 4. The maximum atomic E-state index is 13.0. The number of carbonyl (C=O) groups excluding carboxylic acids is 2. The number of likely N-dealkylation sites (tertiary alicyclic amines) is 2. The van der Waals surface area contributed by atoms with Crippen molar-refractivity contribution in [2.24, 2.45) is 5.92 Å². The summed E-state index contributed by atoms with van der Waals surface area (Å²) in [5.41, 5.74) is 2.47. The van der Waals surface area contributed by atoms with Gasteiger partial charge in [0.1, 0.15) is 5.69 Å². The molecule has 2 atom stereocenters. The Kier molecular flexibility index (Phi) is 5.44. The van der Waals surface area contributed by atoms with Gasteiger partial charge in [-0.15, -0.1) is 11.3 Å². The van der Waals surface area contributed by atoms with Gasteiger partial charge in [-0.1, -0.05) is 6.07 Å². The third-order valence-electron chi connectivity index (χ3n) is 5.84. The number of piperidine rings is 2. The van der Waals surface area contributed by atoms with Crippen LogP contribution in [0.15, 0.2) is 23.7 Å². The zero-order valence-corrected chi connectivity index (χ0v) is 17.2. The highest BCUT2D eigenvalue weighted by Gasteiger charge is 2.39. The summed E-state index contributed by atoms with van der Waals surface area (Å²) in [6.45, 7) is 6.09. The minimum Gasteiger partial charge on any atom is -0.339 e. The molecule has 6 nitrogen and oxygen atoms in total. The van der Waals surface area contributed by atoms with E-state index in [1.54, 1.807) is 6.20 Å². The molecule has 4 rings (SSSR count). The van der Waals surface area contributed by atoms with Crippen molar-refractivity contribution in [2.45, 2.75) is 45.6 Å². The van der Waals surface area contributed by atoms with Gasteiger partial charge in [-0.05, 0) is 50.7 Å². The summed E-state index contributed by atoms with van der Waals surface area (Å²) in [5, 5.41) is 2.76. The van der Waals surface area contributed by atoms with Crippen molar-refractivity contribution in [3.05, 3.63) is 45.7 Å². The van der Waals surface area contributed by atoms with Crippen molar-refractivity contribution in [2.75, 3.05) is 19.6 Å². The first-order valence-corrected chi connectivity index (χ1v) is 10.8. The van der Waals surface area contributed by atoms with Crippen LogP contribution in [0.3, 0.4) is 0 Å². The third kappa shape index (κ3) is 3.94. The molecular formula is C21H26N4O2S. The molecule has 0 aliphatic carbocycles. The van der Waals surface area contributed by atoms with Crippen LogP contribution in [0, 0.1) is 19.8 Å². The first kappa shape index (κ1) is 19.1. The summed E-state index contributed by atoms with van der Waals surface area (Å²) in [4.78, 5) is 38.3. The van der Waals surface area contributed by atoms with Gasteiger partial charge < -0.3 is 9.80 Å². The van der Waals surface area contributed by atoms with Gasteiger partial charge in [0.2, 0.25) is 5.91 Å². The van der Waals surface area contributed by atoms with Crippen molar-refractivity contribution in [3.8, 4) is 0 Å². The molecule has 2 aromatic heterocycles. The van der Waals surface area contributed by atoms with Crippen LogP contribution in [0.25, 0.3) is 0 Å². The fraction of sp³-hybridized carbons (Fsp3) is 0.524. The highest BCUT2D eigenvalue weighted by atomic mass is 32.1. The molecule has 2 amide bonds. The molecule has 2 aliphatic heterocycles. The first-order chi connectivity index (χ1) is 13.5. The number of rotatable bonds is 3. The highest BCUT2D eigenvalue weighted by molar-refractivity contribution is 7.09. The largest absolute Gasteiger partial charge is 0.339 e. The number of amides is 2. The zero-order valence-electron chi connectivity index (χ0n) is 16.4. The van der Waals surface area contributed by atoms with Gasteiger partial charge in [0, 0.05) is 42.9 Å². The number of thiazole rings is 1. The van der Waals surface area contributed by atoms with Gasteiger partial charge in [-0.2, -0.15) is 0 Å². The van der Waals surface area contributed by atoms with Gasteiger partial charge in [0.25, 0.3) is 5.91 Å². The molecule has 7 heteroatoms. The number of hydrogen-bond donors (Lipinski definition) is 0. The van der Waals surface area contributed by atoms with Crippen LogP contribution in [0.5, 0.6) is 0 Å². The Hall–Kier alpha value is -2.28. The Morgan fingerprint density at radius 1 is 1.21 bits per heavy atom. The molecule has 148 valence electrons. The Balaban J connectivity index is 1.41. The topological polar surface area (TPSA) is 66.4 Å². The van der Waals surface area contributed by atoms with Crippen molar-refractivity contribution in [1.82, 2.24) is 19.8 Å². The van der Waals surface area contributed by atoms with Gasteiger partial charge in [0.15, 0.2) is 0 Å². The highest BCUT2D eigenvalue weighted by Crippen LogP contribution is 2.31. The van der Waals surface area contributed by atoms with Gasteiger partial charge in [0.05, 0.1) is 11.4 Å². The molecule has 0 radical (unpaired) electrons. The van der Waals surface area contributed by atoms with Crippen LogP contribution in [-0.2, 0) is 11.2 Å². The molecule has 4 heterocycles. The van der Waals surface area contributed by atoms with E-state index in [1.165, 1.54) is 11.3 Å². The van der Waals surface area contributed by atoms with E-state index in [1.807, 2.05) is 36.3 Å². The lowest BCUT2D eigenvalue weighted by Crippen LogP contribution is -2.57. The monoisotopic (exact) mass is 398 g/mol. The summed E-state index contributed by atoms with van der Waals surface area (Å²) in [6, 6.07) is 4.17. The van der Waals surface area contributed by atoms with Gasteiger partial charge in [-0.3, -0.25) is 14.6 Å². The third-order valence-corrected chi connectivity index (χ3v) is 6.62. The van der Waals surface area contributed by atoms with Crippen LogP contribution in [0.1, 0.15) is 46.0 Å². The van der Waals surface area contributed by atoms with Crippen LogP contribution in [0.4, 0.5) is 0 Å². The van der Waals surface area contributed by atoms with Crippen LogP contribution >= 0.6 is 11.3 Å². The number of aryl methyl sites for hydroxylation is 2. The van der Waals surface area contributed by atoms with E-state index in [0.29, 0.717) is 24.6 Å². The molecule has 0 N–H and O–H groups in total. The summed E-state index contributed by atoms with van der Waals surface area (Å²) >= 11 is 1.51. The van der Waals surface area contributed by atoms with Crippen LogP contribution < -0.4 is 0 Å². The molecule has 2 unspecified atom stereocenters. The molecule has 2 saturated heterocycles. The zero-order chi connectivity index (χ0) is 19.7. The lowest BCUT2D eigenvalue weighted by atomic mass is 9.83. The van der Waals surface area contributed by atoms with E-state index in [0.717, 1.165) is 48.6 Å². The molecular weight excluding hydrogens is 372 g/mol. The summed E-state index contributed by atoms with van der Waals surface area (Å²) < 4.78 is 0. The quantitative estimate of drug-likeness (QED) is 0.797. The Labute approximate surface area is 169 Å². The van der Waals surface area contributed by atoms with E-state index in [-0.39, 0.29) is 17.9 Å².